The Labute approximate surface area is 177 Å². The number of hydrogen-bond acceptors (Lipinski definition) is 5. The van der Waals surface area contributed by atoms with Crippen LogP contribution in [-0.2, 0) is 24.3 Å². The molecule has 2 N–H and O–H groups in total. The number of urea groups is 1. The van der Waals surface area contributed by atoms with Crippen molar-refractivity contribution in [3.05, 3.63) is 59.5 Å². The minimum absolute atomic E-state index is 0.0602. The van der Waals surface area contributed by atoms with Gasteiger partial charge in [0, 0.05) is 52.4 Å². The number of carbonyl (C=O) groups excluding carboxylic acids is 1. The maximum absolute atomic E-state index is 12.4. The number of hydrogen-bond donors (Lipinski definition) is 2. The molecule has 1 saturated heterocycles. The highest BCUT2D eigenvalue weighted by atomic mass is 16.3. The first kappa shape index (κ1) is 21.9. The predicted molar refractivity (Wildman–Crippen MR) is 113 cm³/mol. The van der Waals surface area contributed by atoms with Crippen LogP contribution in [0.3, 0.4) is 0 Å². The highest BCUT2D eigenvalue weighted by molar-refractivity contribution is 5.74. The number of nitrogens with one attached hydrogen (secondary N) is 1. The highest BCUT2D eigenvalue weighted by Crippen LogP contribution is 2.17. The van der Waals surface area contributed by atoms with Gasteiger partial charge in [-0.25, -0.2) is 4.79 Å². The molecule has 2 aliphatic rings. The Morgan fingerprint density at radius 2 is 1.77 bits per heavy atom. The van der Waals surface area contributed by atoms with Crippen LogP contribution < -0.4 is 5.32 Å². The lowest BCUT2D eigenvalue weighted by Gasteiger charge is -2.34. The number of fused-ring (bicyclic) bond motifs is 1. The molecule has 0 unspecified atom stereocenters. The molecule has 2 amide bonds. The number of carboxylic acid groups (broad SMARTS) is 1. The van der Waals surface area contributed by atoms with Crippen LogP contribution >= 0.6 is 0 Å². The Bertz CT molecular complexity index is 788. The topological polar surface area (TPSA) is 89.3 Å². The Morgan fingerprint density at radius 1 is 1.03 bits per heavy atom. The Hall–Kier alpha value is -2.84. The molecular weight excluding hydrogens is 384 g/mol. The molecule has 0 atom stereocenters. The van der Waals surface area contributed by atoms with Crippen molar-refractivity contribution in [2.75, 3.05) is 45.8 Å². The zero-order valence-electron chi connectivity index (χ0n) is 17.2. The maximum atomic E-state index is 12.4. The third-order valence-corrected chi connectivity index (χ3v) is 5.53. The van der Waals surface area contributed by atoms with Crippen LogP contribution in [0.4, 0.5) is 4.79 Å². The first-order valence-electron chi connectivity index (χ1n) is 10.3. The van der Waals surface area contributed by atoms with E-state index in [9.17, 15) is 4.79 Å². The molecule has 8 heteroatoms. The van der Waals surface area contributed by atoms with Crippen LogP contribution in [0.2, 0.25) is 0 Å². The lowest BCUT2D eigenvalue weighted by Crippen LogP contribution is -2.52. The van der Waals surface area contributed by atoms with Crippen LogP contribution in [0.15, 0.2) is 47.1 Å². The van der Waals surface area contributed by atoms with Gasteiger partial charge in [0.25, 0.3) is 6.47 Å². The van der Waals surface area contributed by atoms with E-state index in [1.807, 2.05) is 17.0 Å². The summed E-state index contributed by atoms with van der Waals surface area (Å²) in [5.41, 5.74) is 2.88. The zero-order chi connectivity index (χ0) is 21.2. The van der Waals surface area contributed by atoms with Gasteiger partial charge in [0.1, 0.15) is 5.76 Å². The van der Waals surface area contributed by atoms with Crippen LogP contribution in [0.5, 0.6) is 0 Å². The highest BCUT2D eigenvalue weighted by Gasteiger charge is 2.22. The molecule has 1 fully saturated rings. The lowest BCUT2D eigenvalue weighted by atomic mass is 10.00. The van der Waals surface area contributed by atoms with Crippen molar-refractivity contribution >= 4 is 12.5 Å². The van der Waals surface area contributed by atoms with Gasteiger partial charge in [-0.05, 0) is 29.7 Å². The third kappa shape index (κ3) is 6.33. The van der Waals surface area contributed by atoms with E-state index >= 15 is 0 Å². The number of benzene rings is 1. The monoisotopic (exact) mass is 414 g/mol. The second-order valence-electron chi connectivity index (χ2n) is 7.47. The molecule has 0 aliphatic carbocycles. The van der Waals surface area contributed by atoms with Gasteiger partial charge in [-0.3, -0.25) is 14.6 Å². The van der Waals surface area contributed by atoms with E-state index in [1.165, 1.54) is 11.1 Å². The quantitative estimate of drug-likeness (QED) is 0.726. The average Bonchev–Trinajstić information content (AvgIpc) is 3.28. The molecule has 8 nitrogen and oxygen atoms in total. The van der Waals surface area contributed by atoms with Crippen molar-refractivity contribution in [3.63, 3.8) is 0 Å². The Balaban J connectivity index is 0.000000806. The van der Waals surface area contributed by atoms with E-state index in [4.69, 9.17) is 14.3 Å². The minimum atomic E-state index is -0.250. The molecule has 0 bridgehead atoms. The summed E-state index contributed by atoms with van der Waals surface area (Å²) in [6.07, 6.45) is 2.81. The van der Waals surface area contributed by atoms with Crippen molar-refractivity contribution in [1.29, 1.82) is 0 Å². The molecule has 2 aromatic rings. The fourth-order valence-electron chi connectivity index (χ4n) is 3.91. The summed E-state index contributed by atoms with van der Waals surface area (Å²) >= 11 is 0. The van der Waals surface area contributed by atoms with Crippen LogP contribution in [0.1, 0.15) is 16.9 Å². The SMILES string of the molecule is O=C(NCCN1CCc2ccccc2C1)N1CCN(Cc2ccco2)CC1.O=CO. The van der Waals surface area contributed by atoms with Crippen LogP contribution in [-0.4, -0.2) is 78.1 Å². The van der Waals surface area contributed by atoms with Gasteiger partial charge in [0.2, 0.25) is 0 Å². The van der Waals surface area contributed by atoms with Gasteiger partial charge < -0.3 is 19.7 Å². The molecule has 1 aromatic heterocycles. The van der Waals surface area contributed by atoms with E-state index in [1.54, 1.807) is 6.26 Å². The number of carbonyl (C=O) groups is 2. The maximum Gasteiger partial charge on any atom is 0.317 e. The normalized spacial score (nSPS) is 16.9. The van der Waals surface area contributed by atoms with Gasteiger partial charge in [-0.1, -0.05) is 24.3 Å². The number of nitrogens with zero attached hydrogens (tertiary/aromatic N) is 3. The molecule has 0 saturated carbocycles. The molecule has 2 aliphatic heterocycles. The first-order valence-corrected chi connectivity index (χ1v) is 10.3. The average molecular weight is 415 g/mol. The summed E-state index contributed by atoms with van der Waals surface area (Å²) in [6.45, 7) is 7.53. The standard InChI is InChI=1S/C21H28N4O2.CH2O2/c26-21(25-13-11-24(12-14-25)17-20-6-3-15-27-20)22-8-10-23-9-7-18-4-1-2-5-19(18)16-23;2-1-3/h1-6,15H,7-14,16-17H2,(H,22,26);1H,(H,2,3). The third-order valence-electron chi connectivity index (χ3n) is 5.53. The minimum Gasteiger partial charge on any atom is -0.483 e. The number of piperazine rings is 1. The van der Waals surface area contributed by atoms with Crippen LogP contribution in [0, 0.1) is 0 Å². The molecule has 0 radical (unpaired) electrons. The van der Waals surface area contributed by atoms with Crippen molar-refractivity contribution in [3.8, 4) is 0 Å². The van der Waals surface area contributed by atoms with E-state index in [-0.39, 0.29) is 12.5 Å². The van der Waals surface area contributed by atoms with E-state index < -0.39 is 0 Å². The molecule has 4 rings (SSSR count). The number of furan rings is 1. The number of rotatable bonds is 5. The Kier molecular flexibility index (Phi) is 8.29. The van der Waals surface area contributed by atoms with Gasteiger partial charge in [0.05, 0.1) is 12.8 Å². The van der Waals surface area contributed by atoms with Gasteiger partial charge in [-0.2, -0.15) is 0 Å². The summed E-state index contributed by atoms with van der Waals surface area (Å²) in [5, 5.41) is 9.98. The van der Waals surface area contributed by atoms with Crippen molar-refractivity contribution in [1.82, 2.24) is 20.0 Å². The van der Waals surface area contributed by atoms with Crippen molar-refractivity contribution < 1.29 is 19.1 Å². The molecule has 30 heavy (non-hydrogen) atoms. The van der Waals surface area contributed by atoms with E-state index in [0.717, 1.165) is 64.5 Å². The van der Waals surface area contributed by atoms with Crippen molar-refractivity contribution in [2.45, 2.75) is 19.5 Å². The fourth-order valence-corrected chi connectivity index (χ4v) is 3.91. The lowest BCUT2D eigenvalue weighted by molar-refractivity contribution is -0.122. The van der Waals surface area contributed by atoms with Gasteiger partial charge >= 0.3 is 6.03 Å². The molecule has 1 aromatic carbocycles. The summed E-state index contributed by atoms with van der Waals surface area (Å²) in [7, 11) is 0. The van der Waals surface area contributed by atoms with Crippen molar-refractivity contribution in [2.24, 2.45) is 0 Å². The van der Waals surface area contributed by atoms with Gasteiger partial charge in [-0.15, -0.1) is 0 Å². The summed E-state index contributed by atoms with van der Waals surface area (Å²) in [4.78, 5) is 27.5. The number of amides is 2. The summed E-state index contributed by atoms with van der Waals surface area (Å²) in [6, 6.07) is 12.6. The van der Waals surface area contributed by atoms with Gasteiger partial charge in [0.15, 0.2) is 0 Å². The fraction of sp³-hybridized carbons (Fsp3) is 0.455. The van der Waals surface area contributed by atoms with E-state index in [0.29, 0.717) is 6.54 Å². The molecule has 3 heterocycles. The van der Waals surface area contributed by atoms with E-state index in [2.05, 4.69) is 39.4 Å². The largest absolute Gasteiger partial charge is 0.483 e. The molecular formula is C22H30N4O4. The zero-order valence-corrected chi connectivity index (χ0v) is 17.2. The summed E-state index contributed by atoms with van der Waals surface area (Å²) in [5.74, 6) is 0.982. The smallest absolute Gasteiger partial charge is 0.317 e. The first-order chi connectivity index (χ1) is 14.7. The van der Waals surface area contributed by atoms with Crippen LogP contribution in [0.25, 0.3) is 0 Å². The second kappa shape index (κ2) is 11.4. The molecule has 0 spiro atoms. The molecule has 162 valence electrons. The second-order valence-corrected chi connectivity index (χ2v) is 7.47. The predicted octanol–water partition coefficient (Wildman–Crippen LogP) is 1.87. The summed E-state index contributed by atoms with van der Waals surface area (Å²) < 4.78 is 5.40. The Morgan fingerprint density at radius 3 is 2.47 bits per heavy atom.